The number of hydrogen-bond acceptors (Lipinski definition) is 3. The van der Waals surface area contributed by atoms with Crippen LogP contribution in [0.4, 0.5) is 0 Å². The van der Waals surface area contributed by atoms with Gasteiger partial charge in [-0.2, -0.15) is 0 Å². The molecule has 104 valence electrons. The average molecular weight is 344 g/mol. The molecular formula is C16H10BrNO3. The van der Waals surface area contributed by atoms with Crippen LogP contribution in [0.15, 0.2) is 59.2 Å². The summed E-state index contributed by atoms with van der Waals surface area (Å²) < 4.78 is 6.66. The van der Waals surface area contributed by atoms with Gasteiger partial charge in [0.1, 0.15) is 5.75 Å². The fourth-order valence-corrected chi connectivity index (χ4v) is 2.40. The molecule has 0 saturated heterocycles. The Morgan fingerprint density at radius 3 is 2.67 bits per heavy atom. The van der Waals surface area contributed by atoms with Crippen molar-refractivity contribution >= 4 is 32.7 Å². The number of rotatable bonds is 3. The van der Waals surface area contributed by atoms with Gasteiger partial charge in [-0.25, -0.2) is 9.78 Å². The Hall–Kier alpha value is -2.40. The molecule has 0 bridgehead atoms. The van der Waals surface area contributed by atoms with Crippen molar-refractivity contribution in [3.63, 3.8) is 0 Å². The first-order valence-corrected chi connectivity index (χ1v) is 6.98. The third kappa shape index (κ3) is 2.87. The molecule has 3 aromatic rings. The Morgan fingerprint density at radius 2 is 1.86 bits per heavy atom. The van der Waals surface area contributed by atoms with E-state index in [4.69, 9.17) is 9.84 Å². The van der Waals surface area contributed by atoms with Gasteiger partial charge < -0.3 is 9.84 Å². The average Bonchev–Trinajstić information content (AvgIpc) is 2.48. The maximum absolute atomic E-state index is 11.1. The van der Waals surface area contributed by atoms with Crippen molar-refractivity contribution < 1.29 is 14.6 Å². The van der Waals surface area contributed by atoms with Crippen LogP contribution in [0.25, 0.3) is 10.8 Å². The van der Waals surface area contributed by atoms with Crippen LogP contribution in [0.2, 0.25) is 0 Å². The first kappa shape index (κ1) is 13.6. The van der Waals surface area contributed by atoms with Crippen molar-refractivity contribution in [1.29, 1.82) is 0 Å². The quantitative estimate of drug-likeness (QED) is 0.761. The molecule has 0 atom stereocenters. The van der Waals surface area contributed by atoms with E-state index in [9.17, 15) is 4.79 Å². The van der Waals surface area contributed by atoms with Gasteiger partial charge in [0.15, 0.2) is 11.4 Å². The Balaban J connectivity index is 1.99. The predicted molar refractivity (Wildman–Crippen MR) is 82.9 cm³/mol. The molecule has 1 aromatic heterocycles. The van der Waals surface area contributed by atoms with E-state index in [1.165, 1.54) is 6.20 Å². The fraction of sp³-hybridized carbons (Fsp3) is 0. The molecule has 4 nitrogen and oxygen atoms in total. The lowest BCUT2D eigenvalue weighted by molar-refractivity contribution is 0.0687. The number of nitrogens with zero attached hydrogens (tertiary/aromatic N) is 1. The summed E-state index contributed by atoms with van der Waals surface area (Å²) in [4.78, 5) is 14.9. The summed E-state index contributed by atoms with van der Waals surface area (Å²) in [6, 6.07) is 14.7. The van der Waals surface area contributed by atoms with Crippen molar-refractivity contribution in [2.45, 2.75) is 0 Å². The number of fused-ring (bicyclic) bond motifs is 1. The summed E-state index contributed by atoms with van der Waals surface area (Å²) in [5.74, 6) is -0.322. The molecule has 21 heavy (non-hydrogen) atoms. The largest absolute Gasteiger partial charge is 0.476 e. The van der Waals surface area contributed by atoms with E-state index in [-0.39, 0.29) is 11.4 Å². The zero-order valence-electron chi connectivity index (χ0n) is 10.8. The third-order valence-electron chi connectivity index (χ3n) is 2.97. The van der Waals surface area contributed by atoms with E-state index in [2.05, 4.69) is 20.9 Å². The second-order valence-corrected chi connectivity index (χ2v) is 5.33. The van der Waals surface area contributed by atoms with Crippen LogP contribution in [0, 0.1) is 0 Å². The Kier molecular flexibility index (Phi) is 3.58. The number of carbonyl (C=O) groups is 1. The van der Waals surface area contributed by atoms with Gasteiger partial charge in [0, 0.05) is 10.7 Å². The van der Waals surface area contributed by atoms with Crippen LogP contribution in [0.3, 0.4) is 0 Å². The molecule has 0 aliphatic carbocycles. The van der Waals surface area contributed by atoms with Crippen molar-refractivity contribution in [3.8, 4) is 11.5 Å². The van der Waals surface area contributed by atoms with Crippen LogP contribution in [0.5, 0.6) is 11.5 Å². The van der Waals surface area contributed by atoms with Crippen molar-refractivity contribution in [2.24, 2.45) is 0 Å². The van der Waals surface area contributed by atoms with E-state index >= 15 is 0 Å². The summed E-state index contributed by atoms with van der Waals surface area (Å²) in [6.45, 7) is 0. The summed E-state index contributed by atoms with van der Waals surface area (Å²) in [5.41, 5.74) is -0.103. The minimum absolute atomic E-state index is 0.103. The molecule has 0 aliphatic rings. The SMILES string of the molecule is O=C(O)c1ncccc1Oc1ccc2cc(Br)ccc2c1. The van der Waals surface area contributed by atoms with Crippen molar-refractivity contribution in [3.05, 3.63) is 64.9 Å². The molecule has 1 heterocycles. The molecule has 5 heteroatoms. The first-order valence-electron chi connectivity index (χ1n) is 6.19. The third-order valence-corrected chi connectivity index (χ3v) is 3.47. The van der Waals surface area contributed by atoms with Gasteiger partial charge in [-0.05, 0) is 47.2 Å². The number of hydrogen-bond donors (Lipinski definition) is 1. The lowest BCUT2D eigenvalue weighted by atomic mass is 10.1. The Bertz CT molecular complexity index is 833. The maximum atomic E-state index is 11.1. The molecule has 0 saturated carbocycles. The van der Waals surface area contributed by atoms with Crippen LogP contribution in [0.1, 0.15) is 10.5 Å². The lowest BCUT2D eigenvalue weighted by Gasteiger charge is -2.08. The highest BCUT2D eigenvalue weighted by Gasteiger charge is 2.13. The second-order valence-electron chi connectivity index (χ2n) is 4.41. The summed E-state index contributed by atoms with van der Waals surface area (Å²) in [6.07, 6.45) is 1.42. The number of pyridine rings is 1. The number of benzene rings is 2. The number of aromatic carboxylic acids is 1. The van der Waals surface area contributed by atoms with Crippen molar-refractivity contribution in [1.82, 2.24) is 4.98 Å². The van der Waals surface area contributed by atoms with Gasteiger partial charge in [0.25, 0.3) is 0 Å². The molecule has 0 spiro atoms. The first-order chi connectivity index (χ1) is 10.1. The van der Waals surface area contributed by atoms with Crippen LogP contribution < -0.4 is 4.74 Å². The minimum Gasteiger partial charge on any atom is -0.476 e. The summed E-state index contributed by atoms with van der Waals surface area (Å²) >= 11 is 3.43. The van der Waals surface area contributed by atoms with Gasteiger partial charge in [-0.1, -0.05) is 28.1 Å². The highest BCUT2D eigenvalue weighted by atomic mass is 79.9. The number of carboxylic acid groups (broad SMARTS) is 1. The molecule has 0 aliphatic heterocycles. The van der Waals surface area contributed by atoms with E-state index in [0.29, 0.717) is 5.75 Å². The van der Waals surface area contributed by atoms with Crippen LogP contribution >= 0.6 is 15.9 Å². The zero-order chi connectivity index (χ0) is 14.8. The molecule has 0 unspecified atom stereocenters. The molecule has 0 radical (unpaired) electrons. The molecule has 2 aromatic carbocycles. The van der Waals surface area contributed by atoms with Gasteiger partial charge in [0.2, 0.25) is 0 Å². The Labute approximate surface area is 129 Å². The topological polar surface area (TPSA) is 59.4 Å². The van der Waals surface area contributed by atoms with Gasteiger partial charge in [-0.3, -0.25) is 0 Å². The molecular weight excluding hydrogens is 334 g/mol. The van der Waals surface area contributed by atoms with Crippen molar-refractivity contribution in [2.75, 3.05) is 0 Å². The number of carboxylic acids is 1. The van der Waals surface area contributed by atoms with E-state index in [0.717, 1.165) is 15.2 Å². The Morgan fingerprint density at radius 1 is 1.10 bits per heavy atom. The van der Waals surface area contributed by atoms with E-state index in [1.807, 2.05) is 30.3 Å². The van der Waals surface area contributed by atoms with E-state index in [1.54, 1.807) is 18.2 Å². The normalized spacial score (nSPS) is 10.5. The van der Waals surface area contributed by atoms with Gasteiger partial charge >= 0.3 is 5.97 Å². The monoisotopic (exact) mass is 343 g/mol. The number of ether oxygens (including phenoxy) is 1. The zero-order valence-corrected chi connectivity index (χ0v) is 12.4. The standard InChI is InChI=1S/C16H10BrNO3/c17-12-5-3-11-9-13(6-4-10(11)8-12)21-14-2-1-7-18-15(14)16(19)20/h1-9H,(H,19,20). The van der Waals surface area contributed by atoms with Gasteiger partial charge in [0.05, 0.1) is 0 Å². The summed E-state index contributed by atoms with van der Waals surface area (Å²) in [7, 11) is 0. The molecule has 3 rings (SSSR count). The highest BCUT2D eigenvalue weighted by molar-refractivity contribution is 9.10. The van der Waals surface area contributed by atoms with Gasteiger partial charge in [-0.15, -0.1) is 0 Å². The maximum Gasteiger partial charge on any atom is 0.358 e. The van der Waals surface area contributed by atoms with Crippen LogP contribution in [-0.2, 0) is 0 Å². The molecule has 1 N–H and O–H groups in total. The fourth-order valence-electron chi connectivity index (χ4n) is 2.02. The summed E-state index contributed by atoms with van der Waals surface area (Å²) in [5, 5.41) is 11.2. The predicted octanol–water partition coefficient (Wildman–Crippen LogP) is 4.49. The highest BCUT2D eigenvalue weighted by Crippen LogP contribution is 2.28. The lowest BCUT2D eigenvalue weighted by Crippen LogP contribution is -2.02. The smallest absolute Gasteiger partial charge is 0.358 e. The van der Waals surface area contributed by atoms with Crippen LogP contribution in [-0.4, -0.2) is 16.1 Å². The van der Waals surface area contributed by atoms with E-state index < -0.39 is 5.97 Å². The molecule has 0 fully saturated rings. The second kappa shape index (κ2) is 5.54. The number of halogens is 1. The molecule has 0 amide bonds. The minimum atomic E-state index is -1.12. The number of aromatic nitrogens is 1.